The molecule has 0 saturated heterocycles. The lowest BCUT2D eigenvalue weighted by atomic mass is 10.0. The van der Waals surface area contributed by atoms with Gasteiger partial charge in [0.25, 0.3) is 0 Å². The zero-order chi connectivity index (χ0) is 13.2. The van der Waals surface area contributed by atoms with Crippen molar-refractivity contribution < 1.29 is 4.79 Å². The summed E-state index contributed by atoms with van der Waals surface area (Å²) in [6, 6.07) is 8.34. The first-order chi connectivity index (χ1) is 8.76. The third-order valence-corrected chi connectivity index (χ3v) is 2.91. The number of nitrogens with two attached hydrogens (primary N) is 1. The summed E-state index contributed by atoms with van der Waals surface area (Å²) in [5, 5.41) is 2.86. The van der Waals surface area contributed by atoms with Gasteiger partial charge in [-0.1, -0.05) is 37.6 Å². The summed E-state index contributed by atoms with van der Waals surface area (Å²) in [5.74, 6) is 0.0739. The molecule has 108 valence electrons. The van der Waals surface area contributed by atoms with Crippen molar-refractivity contribution >= 4 is 18.3 Å². The molecule has 3 nitrogen and oxygen atoms in total. The van der Waals surface area contributed by atoms with Gasteiger partial charge in [-0.05, 0) is 36.9 Å². The average molecular weight is 285 g/mol. The third-order valence-electron chi connectivity index (χ3n) is 2.91. The van der Waals surface area contributed by atoms with Crippen LogP contribution in [-0.4, -0.2) is 19.0 Å². The SMILES string of the molecule is CCCCc1ccc(CC(=O)NCCCN)cc1.Cl. The molecule has 0 saturated carbocycles. The number of hydrogen-bond acceptors (Lipinski definition) is 2. The van der Waals surface area contributed by atoms with Crippen molar-refractivity contribution in [3.05, 3.63) is 35.4 Å². The van der Waals surface area contributed by atoms with E-state index >= 15 is 0 Å². The summed E-state index contributed by atoms with van der Waals surface area (Å²) in [4.78, 5) is 11.6. The highest BCUT2D eigenvalue weighted by Crippen LogP contribution is 2.08. The number of unbranched alkanes of at least 4 members (excludes halogenated alkanes) is 1. The number of benzene rings is 1. The molecule has 0 fully saturated rings. The second-order valence-corrected chi connectivity index (χ2v) is 4.59. The van der Waals surface area contributed by atoms with E-state index in [1.807, 2.05) is 12.1 Å². The molecule has 0 aromatic heterocycles. The number of carbonyl (C=O) groups is 1. The van der Waals surface area contributed by atoms with Crippen LogP contribution in [0.25, 0.3) is 0 Å². The molecule has 0 radical (unpaired) electrons. The lowest BCUT2D eigenvalue weighted by Crippen LogP contribution is -2.27. The summed E-state index contributed by atoms with van der Waals surface area (Å²) < 4.78 is 0. The predicted molar refractivity (Wildman–Crippen MR) is 82.7 cm³/mol. The van der Waals surface area contributed by atoms with Crippen LogP contribution in [0.15, 0.2) is 24.3 Å². The summed E-state index contributed by atoms with van der Waals surface area (Å²) in [6.45, 7) is 3.48. The molecule has 0 aliphatic rings. The molecule has 1 aromatic rings. The summed E-state index contributed by atoms with van der Waals surface area (Å²) in [7, 11) is 0. The van der Waals surface area contributed by atoms with Gasteiger partial charge < -0.3 is 11.1 Å². The van der Waals surface area contributed by atoms with Crippen molar-refractivity contribution in [3.63, 3.8) is 0 Å². The van der Waals surface area contributed by atoms with E-state index in [4.69, 9.17) is 5.73 Å². The molecule has 0 atom stereocenters. The number of hydrogen-bond donors (Lipinski definition) is 2. The van der Waals surface area contributed by atoms with E-state index in [9.17, 15) is 4.79 Å². The molecule has 4 heteroatoms. The Kier molecular flexibility index (Phi) is 10.2. The van der Waals surface area contributed by atoms with E-state index in [0.717, 1.165) is 18.4 Å². The minimum absolute atomic E-state index is 0. The molecule has 1 rings (SSSR count). The Bertz CT molecular complexity index is 352. The molecule has 0 bridgehead atoms. The smallest absolute Gasteiger partial charge is 0.224 e. The van der Waals surface area contributed by atoms with Crippen molar-refractivity contribution in [2.45, 2.75) is 39.0 Å². The van der Waals surface area contributed by atoms with Crippen LogP contribution in [0.5, 0.6) is 0 Å². The van der Waals surface area contributed by atoms with Crippen LogP contribution in [0.2, 0.25) is 0 Å². The van der Waals surface area contributed by atoms with Crippen LogP contribution in [-0.2, 0) is 17.6 Å². The summed E-state index contributed by atoms with van der Waals surface area (Å²) in [6.07, 6.45) is 4.85. The normalized spacial score (nSPS) is 9.79. The molecule has 1 amide bonds. The van der Waals surface area contributed by atoms with Crippen molar-refractivity contribution in [1.29, 1.82) is 0 Å². The second-order valence-electron chi connectivity index (χ2n) is 4.59. The number of carbonyl (C=O) groups excluding carboxylic acids is 1. The molecule has 0 aliphatic carbocycles. The average Bonchev–Trinajstić information content (AvgIpc) is 2.38. The Morgan fingerprint density at radius 1 is 1.16 bits per heavy atom. The molecule has 19 heavy (non-hydrogen) atoms. The predicted octanol–water partition coefficient (Wildman–Crippen LogP) is 2.46. The number of nitrogens with one attached hydrogen (secondary N) is 1. The van der Waals surface area contributed by atoms with E-state index < -0.39 is 0 Å². The van der Waals surface area contributed by atoms with Crippen LogP contribution < -0.4 is 11.1 Å². The van der Waals surface area contributed by atoms with Gasteiger partial charge in [0.15, 0.2) is 0 Å². The first-order valence-electron chi connectivity index (χ1n) is 6.81. The lowest BCUT2D eigenvalue weighted by molar-refractivity contribution is -0.120. The van der Waals surface area contributed by atoms with E-state index in [-0.39, 0.29) is 18.3 Å². The largest absolute Gasteiger partial charge is 0.356 e. The monoisotopic (exact) mass is 284 g/mol. The molecule has 1 aromatic carbocycles. The maximum absolute atomic E-state index is 11.6. The number of rotatable bonds is 8. The molecule has 0 unspecified atom stereocenters. The number of aryl methyl sites for hydroxylation is 1. The van der Waals surface area contributed by atoms with Crippen LogP contribution >= 0.6 is 12.4 Å². The van der Waals surface area contributed by atoms with Crippen molar-refractivity contribution in [2.75, 3.05) is 13.1 Å². The van der Waals surface area contributed by atoms with E-state index in [0.29, 0.717) is 19.5 Å². The van der Waals surface area contributed by atoms with Gasteiger partial charge in [-0.2, -0.15) is 0 Å². The maximum Gasteiger partial charge on any atom is 0.224 e. The molecule has 0 heterocycles. The Morgan fingerprint density at radius 2 is 1.79 bits per heavy atom. The number of halogens is 1. The van der Waals surface area contributed by atoms with Gasteiger partial charge in [0.05, 0.1) is 6.42 Å². The van der Waals surface area contributed by atoms with Crippen LogP contribution in [0.1, 0.15) is 37.3 Å². The van der Waals surface area contributed by atoms with Crippen LogP contribution in [0, 0.1) is 0 Å². The second kappa shape index (κ2) is 10.8. The zero-order valence-corrected chi connectivity index (χ0v) is 12.5. The highest BCUT2D eigenvalue weighted by Gasteiger charge is 2.02. The highest BCUT2D eigenvalue weighted by molar-refractivity contribution is 5.85. The van der Waals surface area contributed by atoms with Gasteiger partial charge in [-0.15, -0.1) is 12.4 Å². The van der Waals surface area contributed by atoms with Gasteiger partial charge in [0, 0.05) is 6.54 Å². The molecular weight excluding hydrogens is 260 g/mol. The van der Waals surface area contributed by atoms with E-state index in [2.05, 4.69) is 24.4 Å². The maximum atomic E-state index is 11.6. The Morgan fingerprint density at radius 3 is 2.37 bits per heavy atom. The summed E-state index contributed by atoms with van der Waals surface area (Å²) in [5.41, 5.74) is 7.79. The van der Waals surface area contributed by atoms with Gasteiger partial charge in [-0.25, -0.2) is 0 Å². The first kappa shape index (κ1) is 17.9. The van der Waals surface area contributed by atoms with Crippen molar-refractivity contribution in [3.8, 4) is 0 Å². The van der Waals surface area contributed by atoms with Crippen LogP contribution in [0.3, 0.4) is 0 Å². The fourth-order valence-corrected chi connectivity index (χ4v) is 1.78. The fraction of sp³-hybridized carbons (Fsp3) is 0.533. The van der Waals surface area contributed by atoms with E-state index in [1.165, 1.54) is 18.4 Å². The zero-order valence-electron chi connectivity index (χ0n) is 11.7. The Balaban J connectivity index is 0.00000324. The fourth-order valence-electron chi connectivity index (χ4n) is 1.78. The molecular formula is C15H25ClN2O. The minimum atomic E-state index is 0. The third kappa shape index (κ3) is 7.85. The van der Waals surface area contributed by atoms with Gasteiger partial charge in [0.1, 0.15) is 0 Å². The van der Waals surface area contributed by atoms with Gasteiger partial charge >= 0.3 is 0 Å². The standard InChI is InChI=1S/C15H24N2O.ClH/c1-2-3-5-13-6-8-14(9-7-13)12-15(18)17-11-4-10-16;/h6-9H,2-5,10-12,16H2,1H3,(H,17,18);1H. The van der Waals surface area contributed by atoms with E-state index in [1.54, 1.807) is 0 Å². The lowest BCUT2D eigenvalue weighted by Gasteiger charge is -2.05. The van der Waals surface area contributed by atoms with Crippen molar-refractivity contribution in [2.24, 2.45) is 5.73 Å². The quantitative estimate of drug-likeness (QED) is 0.721. The van der Waals surface area contributed by atoms with Gasteiger partial charge in [0.2, 0.25) is 5.91 Å². The minimum Gasteiger partial charge on any atom is -0.356 e. The molecule has 0 aliphatic heterocycles. The number of amides is 1. The van der Waals surface area contributed by atoms with Gasteiger partial charge in [-0.3, -0.25) is 4.79 Å². The molecule has 3 N–H and O–H groups in total. The highest BCUT2D eigenvalue weighted by atomic mass is 35.5. The van der Waals surface area contributed by atoms with Crippen molar-refractivity contribution in [1.82, 2.24) is 5.32 Å². The first-order valence-corrected chi connectivity index (χ1v) is 6.81. The Hall–Kier alpha value is -1.06. The molecule has 0 spiro atoms. The van der Waals surface area contributed by atoms with Crippen LogP contribution in [0.4, 0.5) is 0 Å². The topological polar surface area (TPSA) is 55.1 Å². The Labute approximate surface area is 122 Å². The summed E-state index contributed by atoms with van der Waals surface area (Å²) >= 11 is 0.